The minimum absolute atomic E-state index is 0.104. The number of benzene rings is 1. The lowest BCUT2D eigenvalue weighted by Gasteiger charge is -2.34. The molecule has 7 nitrogen and oxygen atoms in total. The zero-order valence-electron chi connectivity index (χ0n) is 12.8. The van der Waals surface area contributed by atoms with Gasteiger partial charge in [-0.05, 0) is 12.0 Å². The quantitative estimate of drug-likeness (QED) is 0.825. The molecule has 122 valence electrons. The van der Waals surface area contributed by atoms with Crippen molar-refractivity contribution in [1.82, 2.24) is 15.5 Å². The van der Waals surface area contributed by atoms with Gasteiger partial charge in [-0.15, -0.1) is 0 Å². The summed E-state index contributed by atoms with van der Waals surface area (Å²) in [5.74, 6) is -0.271. The monoisotopic (exact) mass is 317 g/mol. The van der Waals surface area contributed by atoms with Crippen LogP contribution in [0.15, 0.2) is 30.3 Å². The van der Waals surface area contributed by atoms with Crippen LogP contribution in [0.25, 0.3) is 0 Å². The number of carbonyl (C=O) groups excluding carboxylic acids is 3. The summed E-state index contributed by atoms with van der Waals surface area (Å²) in [5.41, 5.74) is 0.994. The summed E-state index contributed by atoms with van der Waals surface area (Å²) in [6.07, 6.45) is 0.317. The van der Waals surface area contributed by atoms with E-state index in [2.05, 4.69) is 15.4 Å². The number of piperazine rings is 1. The van der Waals surface area contributed by atoms with E-state index in [4.69, 9.17) is 0 Å². The van der Waals surface area contributed by atoms with Gasteiger partial charge in [0.15, 0.2) is 0 Å². The fourth-order valence-electron chi connectivity index (χ4n) is 3.18. The standard InChI is InChI=1S/C16H19N3O4/c1-23-16(22)17-11-8-13-14(20)18-12(15(21)19(13)9-11)7-10-5-3-2-4-6-10/h2-6,11-13H,7-9H2,1H3,(H,17,22)(H,18,20)/t11-,12-,13-/m0/s1. The number of hydrogen-bond donors (Lipinski definition) is 2. The van der Waals surface area contributed by atoms with Crippen molar-refractivity contribution in [1.29, 1.82) is 0 Å². The highest BCUT2D eigenvalue weighted by atomic mass is 16.5. The summed E-state index contributed by atoms with van der Waals surface area (Å²) >= 11 is 0. The Labute approximate surface area is 134 Å². The molecule has 0 unspecified atom stereocenters. The Bertz CT molecular complexity index is 619. The fourth-order valence-corrected chi connectivity index (χ4v) is 3.18. The third kappa shape index (κ3) is 3.13. The molecule has 7 heteroatoms. The van der Waals surface area contributed by atoms with Crippen molar-refractivity contribution in [3.63, 3.8) is 0 Å². The van der Waals surface area contributed by atoms with Crippen LogP contribution in [0.4, 0.5) is 4.79 Å². The molecule has 2 fully saturated rings. The normalized spacial score (nSPS) is 26.5. The highest BCUT2D eigenvalue weighted by molar-refractivity contribution is 5.97. The number of methoxy groups -OCH3 is 1. The first-order valence-electron chi connectivity index (χ1n) is 7.57. The van der Waals surface area contributed by atoms with Gasteiger partial charge in [0.05, 0.1) is 13.2 Å². The Morgan fingerprint density at radius 2 is 2.09 bits per heavy atom. The predicted octanol–water partition coefficient (Wildman–Crippen LogP) is 0.0530. The van der Waals surface area contributed by atoms with E-state index < -0.39 is 18.2 Å². The molecule has 3 rings (SSSR count). The smallest absolute Gasteiger partial charge is 0.407 e. The summed E-state index contributed by atoms with van der Waals surface area (Å²) in [6.45, 7) is 0.331. The average Bonchev–Trinajstić information content (AvgIpc) is 2.98. The number of nitrogens with zero attached hydrogens (tertiary/aromatic N) is 1. The first-order chi connectivity index (χ1) is 11.1. The zero-order chi connectivity index (χ0) is 16.4. The van der Waals surface area contributed by atoms with E-state index in [1.54, 1.807) is 4.90 Å². The minimum atomic E-state index is -0.557. The Balaban J connectivity index is 1.69. The molecule has 3 atom stereocenters. The summed E-state index contributed by atoms with van der Waals surface area (Å²) in [7, 11) is 1.28. The number of alkyl carbamates (subject to hydrolysis) is 1. The van der Waals surface area contributed by atoms with Gasteiger partial charge in [-0.2, -0.15) is 0 Å². The Morgan fingerprint density at radius 3 is 2.78 bits per heavy atom. The topological polar surface area (TPSA) is 87.7 Å². The van der Waals surface area contributed by atoms with E-state index in [1.165, 1.54) is 7.11 Å². The van der Waals surface area contributed by atoms with Crippen molar-refractivity contribution in [3.8, 4) is 0 Å². The van der Waals surface area contributed by atoms with Gasteiger partial charge < -0.3 is 20.3 Å². The van der Waals surface area contributed by atoms with Crippen LogP contribution < -0.4 is 10.6 Å². The molecule has 0 aliphatic carbocycles. The average molecular weight is 317 g/mol. The molecule has 0 radical (unpaired) electrons. The maximum absolute atomic E-state index is 12.6. The SMILES string of the molecule is COC(=O)N[C@H]1C[C@H]2C(=O)N[C@@H](Cc3ccccc3)C(=O)N2C1. The van der Waals surface area contributed by atoms with Gasteiger partial charge in [-0.3, -0.25) is 9.59 Å². The van der Waals surface area contributed by atoms with E-state index >= 15 is 0 Å². The third-order valence-electron chi connectivity index (χ3n) is 4.29. The first-order valence-corrected chi connectivity index (χ1v) is 7.57. The molecule has 1 aromatic carbocycles. The Kier molecular flexibility index (Phi) is 4.18. The van der Waals surface area contributed by atoms with Gasteiger partial charge in [-0.25, -0.2) is 4.79 Å². The highest BCUT2D eigenvalue weighted by Gasteiger charge is 2.46. The number of fused-ring (bicyclic) bond motifs is 1. The number of carbonyl (C=O) groups is 3. The van der Waals surface area contributed by atoms with Gasteiger partial charge in [0.2, 0.25) is 11.8 Å². The molecule has 2 saturated heterocycles. The summed E-state index contributed by atoms with van der Waals surface area (Å²) in [6, 6.07) is 8.23. The van der Waals surface area contributed by atoms with Crippen LogP contribution in [0.5, 0.6) is 0 Å². The largest absolute Gasteiger partial charge is 0.453 e. The number of hydrogen-bond acceptors (Lipinski definition) is 4. The molecule has 0 spiro atoms. The zero-order valence-corrected chi connectivity index (χ0v) is 12.8. The fraction of sp³-hybridized carbons (Fsp3) is 0.438. The van der Waals surface area contributed by atoms with Gasteiger partial charge in [0.25, 0.3) is 0 Å². The number of nitrogens with one attached hydrogen (secondary N) is 2. The van der Waals surface area contributed by atoms with E-state index in [1.807, 2.05) is 30.3 Å². The molecule has 1 aromatic rings. The van der Waals surface area contributed by atoms with Crippen molar-refractivity contribution >= 4 is 17.9 Å². The van der Waals surface area contributed by atoms with Crippen LogP contribution in [-0.2, 0) is 20.7 Å². The molecular weight excluding hydrogens is 298 g/mol. The molecule has 2 N–H and O–H groups in total. The van der Waals surface area contributed by atoms with Crippen LogP contribution in [0.3, 0.4) is 0 Å². The second-order valence-corrected chi connectivity index (χ2v) is 5.83. The van der Waals surface area contributed by atoms with Gasteiger partial charge >= 0.3 is 6.09 Å². The molecule has 2 heterocycles. The molecule has 23 heavy (non-hydrogen) atoms. The Morgan fingerprint density at radius 1 is 1.35 bits per heavy atom. The maximum atomic E-state index is 12.6. The maximum Gasteiger partial charge on any atom is 0.407 e. The lowest BCUT2D eigenvalue weighted by molar-refractivity contribution is -0.147. The molecule has 2 aliphatic rings. The summed E-state index contributed by atoms with van der Waals surface area (Å²) < 4.78 is 4.57. The van der Waals surface area contributed by atoms with Gasteiger partial charge in [0, 0.05) is 13.0 Å². The van der Waals surface area contributed by atoms with E-state index in [0.29, 0.717) is 19.4 Å². The van der Waals surface area contributed by atoms with Gasteiger partial charge in [-0.1, -0.05) is 30.3 Å². The number of rotatable bonds is 3. The van der Waals surface area contributed by atoms with E-state index in [0.717, 1.165) is 5.56 Å². The molecule has 0 aromatic heterocycles. The lowest BCUT2D eigenvalue weighted by atomic mass is 10.0. The number of amides is 3. The van der Waals surface area contributed by atoms with Crippen LogP contribution >= 0.6 is 0 Å². The van der Waals surface area contributed by atoms with E-state index in [9.17, 15) is 14.4 Å². The van der Waals surface area contributed by atoms with Crippen molar-refractivity contribution in [2.75, 3.05) is 13.7 Å². The number of ether oxygens (including phenoxy) is 1. The first kappa shape index (κ1) is 15.3. The Hall–Kier alpha value is -2.57. The van der Waals surface area contributed by atoms with Gasteiger partial charge in [0.1, 0.15) is 12.1 Å². The second kappa shape index (κ2) is 6.28. The lowest BCUT2D eigenvalue weighted by Crippen LogP contribution is -2.61. The summed E-state index contributed by atoms with van der Waals surface area (Å²) in [4.78, 5) is 37.8. The van der Waals surface area contributed by atoms with Crippen LogP contribution in [0, 0.1) is 0 Å². The minimum Gasteiger partial charge on any atom is -0.453 e. The molecule has 0 bridgehead atoms. The molecule has 0 saturated carbocycles. The van der Waals surface area contributed by atoms with Crippen molar-refractivity contribution in [3.05, 3.63) is 35.9 Å². The van der Waals surface area contributed by atoms with Crippen molar-refractivity contribution in [2.45, 2.75) is 31.0 Å². The van der Waals surface area contributed by atoms with Crippen molar-refractivity contribution in [2.24, 2.45) is 0 Å². The summed E-state index contributed by atoms with van der Waals surface area (Å²) in [5, 5.41) is 5.46. The predicted molar refractivity (Wildman–Crippen MR) is 81.5 cm³/mol. The van der Waals surface area contributed by atoms with Crippen LogP contribution in [0.2, 0.25) is 0 Å². The van der Waals surface area contributed by atoms with Crippen LogP contribution in [0.1, 0.15) is 12.0 Å². The molecular formula is C16H19N3O4. The second-order valence-electron chi connectivity index (χ2n) is 5.83. The molecule has 3 amide bonds. The van der Waals surface area contributed by atoms with Crippen LogP contribution in [-0.4, -0.2) is 54.6 Å². The molecule has 2 aliphatic heterocycles. The third-order valence-corrected chi connectivity index (χ3v) is 4.29. The van der Waals surface area contributed by atoms with E-state index in [-0.39, 0.29) is 17.9 Å². The highest BCUT2D eigenvalue weighted by Crippen LogP contribution is 2.24. The van der Waals surface area contributed by atoms with Crippen molar-refractivity contribution < 1.29 is 19.1 Å².